The maximum absolute atomic E-state index is 13.0. The van der Waals surface area contributed by atoms with Crippen LogP contribution in [0.1, 0.15) is 40.2 Å². The van der Waals surface area contributed by atoms with E-state index >= 15 is 0 Å². The second-order valence-electron chi connectivity index (χ2n) is 7.90. The molecule has 0 N–H and O–H groups in total. The number of imide groups is 1. The van der Waals surface area contributed by atoms with Crippen LogP contribution in [0, 0.1) is 23.2 Å². The Bertz CT molecular complexity index is 904. The van der Waals surface area contributed by atoms with Crippen molar-refractivity contribution in [2.45, 2.75) is 34.6 Å². The molecule has 0 atom stereocenters. The molecule has 0 saturated heterocycles. The van der Waals surface area contributed by atoms with Crippen molar-refractivity contribution in [2.75, 3.05) is 20.3 Å². The number of hydrogen-bond acceptors (Lipinski definition) is 5. The number of benzene rings is 1. The third-order valence-electron chi connectivity index (χ3n) is 4.44. The number of nitriles is 1. The molecule has 0 bridgehead atoms. The molecule has 0 radical (unpaired) electrons. The van der Waals surface area contributed by atoms with Gasteiger partial charge in [-0.05, 0) is 48.1 Å². The Hall–Kier alpha value is -3.07. The van der Waals surface area contributed by atoms with Crippen molar-refractivity contribution >= 4 is 17.9 Å². The number of rotatable bonds is 7. The zero-order chi connectivity index (χ0) is 21.7. The highest BCUT2D eigenvalue weighted by Gasteiger charge is 2.35. The SMILES string of the molecule is COc1cc(/C=C2/C(=O)N(CC(C)C)C(=O)C(C#N)=C2C)ccc1OCC(C)C. The van der Waals surface area contributed by atoms with Crippen LogP contribution >= 0.6 is 0 Å². The lowest BCUT2D eigenvalue weighted by Crippen LogP contribution is -2.44. The number of nitrogens with zero attached hydrogens (tertiary/aromatic N) is 2. The fraction of sp³-hybridized carbons (Fsp3) is 0.435. The zero-order valence-corrected chi connectivity index (χ0v) is 17.9. The molecule has 6 nitrogen and oxygen atoms in total. The topological polar surface area (TPSA) is 79.6 Å². The Balaban J connectivity index is 2.48. The van der Waals surface area contributed by atoms with Crippen LogP contribution in [0.25, 0.3) is 6.08 Å². The predicted molar refractivity (Wildman–Crippen MR) is 111 cm³/mol. The third kappa shape index (κ3) is 5.05. The fourth-order valence-electron chi connectivity index (χ4n) is 2.98. The van der Waals surface area contributed by atoms with Crippen LogP contribution in [-0.4, -0.2) is 37.0 Å². The van der Waals surface area contributed by atoms with Crippen molar-refractivity contribution in [3.63, 3.8) is 0 Å². The Kier molecular flexibility index (Phi) is 7.22. The Labute approximate surface area is 172 Å². The Morgan fingerprint density at radius 3 is 2.34 bits per heavy atom. The normalized spacial score (nSPS) is 16.1. The molecule has 2 amide bonds. The van der Waals surface area contributed by atoms with E-state index in [1.165, 1.54) is 0 Å². The van der Waals surface area contributed by atoms with E-state index in [0.717, 1.165) is 10.5 Å². The van der Waals surface area contributed by atoms with Gasteiger partial charge in [-0.25, -0.2) is 0 Å². The van der Waals surface area contributed by atoms with E-state index in [9.17, 15) is 14.9 Å². The van der Waals surface area contributed by atoms with Gasteiger partial charge in [0.25, 0.3) is 11.8 Å². The second-order valence-corrected chi connectivity index (χ2v) is 7.90. The predicted octanol–water partition coefficient (Wildman–Crippen LogP) is 3.98. The highest BCUT2D eigenvalue weighted by atomic mass is 16.5. The first-order valence-electron chi connectivity index (χ1n) is 9.69. The first-order chi connectivity index (χ1) is 13.7. The van der Waals surface area contributed by atoms with Gasteiger partial charge in [0.15, 0.2) is 11.5 Å². The molecule has 0 fully saturated rings. The van der Waals surface area contributed by atoms with E-state index in [2.05, 4.69) is 13.8 Å². The molecule has 6 heteroatoms. The molecule has 0 spiro atoms. The Morgan fingerprint density at radius 2 is 1.79 bits per heavy atom. The summed E-state index contributed by atoms with van der Waals surface area (Å²) in [5, 5.41) is 9.45. The van der Waals surface area contributed by atoms with Gasteiger partial charge in [0.1, 0.15) is 11.6 Å². The summed E-state index contributed by atoms with van der Waals surface area (Å²) >= 11 is 0. The summed E-state index contributed by atoms with van der Waals surface area (Å²) < 4.78 is 11.2. The molecule has 154 valence electrons. The van der Waals surface area contributed by atoms with Crippen LogP contribution in [0.3, 0.4) is 0 Å². The summed E-state index contributed by atoms with van der Waals surface area (Å²) in [4.78, 5) is 26.7. The average Bonchev–Trinajstić information content (AvgIpc) is 2.67. The maximum atomic E-state index is 13.0. The van der Waals surface area contributed by atoms with Crippen molar-refractivity contribution in [3.05, 3.63) is 40.5 Å². The number of amides is 2. The highest BCUT2D eigenvalue weighted by Crippen LogP contribution is 2.32. The van der Waals surface area contributed by atoms with Crippen LogP contribution in [0.5, 0.6) is 11.5 Å². The van der Waals surface area contributed by atoms with E-state index < -0.39 is 5.91 Å². The molecular formula is C23H28N2O4. The van der Waals surface area contributed by atoms with Crippen LogP contribution < -0.4 is 9.47 Å². The molecule has 1 aliphatic heterocycles. The first kappa shape index (κ1) is 22.2. The average molecular weight is 396 g/mol. The molecule has 2 rings (SSSR count). The summed E-state index contributed by atoms with van der Waals surface area (Å²) in [5.41, 5.74) is 1.44. The summed E-state index contributed by atoms with van der Waals surface area (Å²) in [5.74, 6) is 0.735. The fourth-order valence-corrected chi connectivity index (χ4v) is 2.98. The van der Waals surface area contributed by atoms with Crippen molar-refractivity contribution in [1.29, 1.82) is 5.26 Å². The minimum atomic E-state index is -0.532. The van der Waals surface area contributed by atoms with Gasteiger partial charge in [-0.15, -0.1) is 0 Å². The molecule has 1 aromatic rings. The summed E-state index contributed by atoms with van der Waals surface area (Å²) in [6.07, 6.45) is 1.68. The summed E-state index contributed by atoms with van der Waals surface area (Å²) in [7, 11) is 1.56. The molecule has 0 saturated carbocycles. The number of methoxy groups -OCH3 is 1. The molecule has 0 unspecified atom stereocenters. The Morgan fingerprint density at radius 1 is 1.10 bits per heavy atom. The van der Waals surface area contributed by atoms with Crippen LogP contribution in [0.2, 0.25) is 0 Å². The lowest BCUT2D eigenvalue weighted by Gasteiger charge is -2.28. The molecule has 0 aliphatic carbocycles. The minimum Gasteiger partial charge on any atom is -0.493 e. The third-order valence-corrected chi connectivity index (χ3v) is 4.44. The van der Waals surface area contributed by atoms with Gasteiger partial charge in [-0.3, -0.25) is 14.5 Å². The molecule has 1 heterocycles. The maximum Gasteiger partial charge on any atom is 0.271 e. The van der Waals surface area contributed by atoms with Gasteiger partial charge in [-0.2, -0.15) is 5.26 Å². The monoisotopic (exact) mass is 396 g/mol. The van der Waals surface area contributed by atoms with Gasteiger partial charge >= 0.3 is 0 Å². The van der Waals surface area contributed by atoms with Crippen molar-refractivity contribution in [1.82, 2.24) is 4.90 Å². The van der Waals surface area contributed by atoms with E-state index in [0.29, 0.717) is 35.2 Å². The number of ether oxygens (including phenoxy) is 2. The van der Waals surface area contributed by atoms with Gasteiger partial charge in [0, 0.05) is 12.1 Å². The first-order valence-corrected chi connectivity index (χ1v) is 9.69. The molecule has 0 aromatic heterocycles. The van der Waals surface area contributed by atoms with E-state index in [-0.39, 0.29) is 23.9 Å². The van der Waals surface area contributed by atoms with E-state index in [4.69, 9.17) is 9.47 Å². The van der Waals surface area contributed by atoms with Crippen LogP contribution in [-0.2, 0) is 9.59 Å². The lowest BCUT2D eigenvalue weighted by atomic mass is 9.93. The van der Waals surface area contributed by atoms with Crippen molar-refractivity contribution < 1.29 is 19.1 Å². The van der Waals surface area contributed by atoms with Crippen LogP contribution in [0.15, 0.2) is 34.9 Å². The second kappa shape index (κ2) is 9.42. The minimum absolute atomic E-state index is 0.000326. The standard InChI is InChI=1S/C23H28N2O4/c1-14(2)12-25-22(26)18(16(5)19(11-24)23(25)27)9-17-7-8-20(21(10-17)28-6)29-13-15(3)4/h7-10,14-15H,12-13H2,1-6H3/b18-9+. The quantitative estimate of drug-likeness (QED) is 0.514. The molecule has 29 heavy (non-hydrogen) atoms. The van der Waals surface area contributed by atoms with E-state index in [1.54, 1.807) is 32.2 Å². The van der Waals surface area contributed by atoms with Gasteiger partial charge < -0.3 is 9.47 Å². The summed E-state index contributed by atoms with van der Waals surface area (Å²) in [6, 6.07) is 7.34. The van der Waals surface area contributed by atoms with Crippen molar-refractivity contribution in [3.8, 4) is 17.6 Å². The zero-order valence-electron chi connectivity index (χ0n) is 17.9. The number of hydrogen-bond donors (Lipinski definition) is 0. The highest BCUT2D eigenvalue weighted by molar-refractivity contribution is 6.19. The van der Waals surface area contributed by atoms with Gasteiger partial charge in [0.2, 0.25) is 0 Å². The summed E-state index contributed by atoms with van der Waals surface area (Å²) in [6.45, 7) is 10.4. The van der Waals surface area contributed by atoms with E-state index in [1.807, 2.05) is 26.0 Å². The number of carbonyl (C=O) groups excluding carboxylic acids is 2. The molecular weight excluding hydrogens is 368 g/mol. The smallest absolute Gasteiger partial charge is 0.271 e. The largest absolute Gasteiger partial charge is 0.493 e. The molecule has 1 aliphatic rings. The van der Waals surface area contributed by atoms with Gasteiger partial charge in [-0.1, -0.05) is 33.8 Å². The lowest BCUT2D eigenvalue weighted by molar-refractivity contribution is -0.141. The van der Waals surface area contributed by atoms with Gasteiger partial charge in [0.05, 0.1) is 13.7 Å². The van der Waals surface area contributed by atoms with Crippen molar-refractivity contribution in [2.24, 2.45) is 11.8 Å². The molecule has 1 aromatic carbocycles. The van der Waals surface area contributed by atoms with Crippen LogP contribution in [0.4, 0.5) is 0 Å². The number of carbonyl (C=O) groups is 2.